The van der Waals surface area contributed by atoms with Gasteiger partial charge in [0.2, 0.25) is 0 Å². The van der Waals surface area contributed by atoms with Gasteiger partial charge in [0, 0.05) is 11.8 Å². The van der Waals surface area contributed by atoms with Crippen molar-refractivity contribution in [2.24, 2.45) is 0 Å². The average molecular weight is 266 g/mol. The van der Waals surface area contributed by atoms with Crippen LogP contribution in [0.1, 0.15) is 18.9 Å². The van der Waals surface area contributed by atoms with Crippen LogP contribution in [0.2, 0.25) is 10.2 Å². The van der Waals surface area contributed by atoms with Crippen molar-refractivity contribution in [2.45, 2.75) is 19.8 Å². The molecule has 0 saturated heterocycles. The van der Waals surface area contributed by atoms with Crippen LogP contribution in [0.15, 0.2) is 36.5 Å². The van der Waals surface area contributed by atoms with Gasteiger partial charge in [-0.1, -0.05) is 60.8 Å². The van der Waals surface area contributed by atoms with Crippen molar-refractivity contribution < 1.29 is 0 Å². The molecule has 0 atom stereocenters. The van der Waals surface area contributed by atoms with Crippen LogP contribution in [-0.2, 0) is 6.42 Å². The zero-order valence-corrected chi connectivity index (χ0v) is 11.1. The maximum atomic E-state index is 5.95. The lowest BCUT2D eigenvalue weighted by molar-refractivity contribution is 0.922. The molecule has 2 rings (SSSR count). The van der Waals surface area contributed by atoms with E-state index < -0.39 is 0 Å². The predicted octanol–water partition coefficient (Wildman–Crippen LogP) is 5.01. The molecule has 0 N–H and O–H groups in total. The Kier molecular flexibility index (Phi) is 4.03. The first kappa shape index (κ1) is 12.4. The molecule has 17 heavy (non-hydrogen) atoms. The van der Waals surface area contributed by atoms with Crippen LogP contribution in [0, 0.1) is 0 Å². The first-order valence-electron chi connectivity index (χ1n) is 5.61. The number of aryl methyl sites for hydroxylation is 1. The number of nitrogens with zero attached hydrogens (tertiary/aromatic N) is 1. The van der Waals surface area contributed by atoms with Gasteiger partial charge in [0.15, 0.2) is 0 Å². The number of pyridine rings is 1. The van der Waals surface area contributed by atoms with Crippen molar-refractivity contribution in [3.63, 3.8) is 0 Å². The van der Waals surface area contributed by atoms with E-state index in [4.69, 9.17) is 23.2 Å². The summed E-state index contributed by atoms with van der Waals surface area (Å²) in [7, 11) is 0. The van der Waals surface area contributed by atoms with E-state index in [0.29, 0.717) is 10.2 Å². The molecule has 88 valence electrons. The maximum Gasteiger partial charge on any atom is 0.147 e. The van der Waals surface area contributed by atoms with E-state index in [1.54, 1.807) is 6.20 Å². The molecular formula is C14H13Cl2N. The Morgan fingerprint density at radius 1 is 1.06 bits per heavy atom. The van der Waals surface area contributed by atoms with Gasteiger partial charge in [-0.2, -0.15) is 0 Å². The summed E-state index contributed by atoms with van der Waals surface area (Å²) in [5, 5.41) is 0.833. The molecule has 1 aromatic carbocycles. The van der Waals surface area contributed by atoms with E-state index in [1.807, 2.05) is 6.07 Å². The fraction of sp³-hybridized carbons (Fsp3) is 0.214. The van der Waals surface area contributed by atoms with E-state index in [0.717, 1.165) is 24.0 Å². The molecule has 0 spiro atoms. The highest BCUT2D eigenvalue weighted by Crippen LogP contribution is 2.26. The first-order chi connectivity index (χ1) is 8.20. The van der Waals surface area contributed by atoms with Gasteiger partial charge in [-0.3, -0.25) is 0 Å². The number of aromatic nitrogens is 1. The highest BCUT2D eigenvalue weighted by atomic mass is 35.5. The minimum absolute atomic E-state index is 0.345. The largest absolute Gasteiger partial charge is 0.242 e. The zero-order chi connectivity index (χ0) is 12.3. The Hall–Kier alpha value is -1.05. The predicted molar refractivity (Wildman–Crippen MR) is 73.7 cm³/mol. The van der Waals surface area contributed by atoms with Crippen LogP contribution in [-0.4, -0.2) is 4.98 Å². The summed E-state index contributed by atoms with van der Waals surface area (Å²) in [5.41, 5.74) is 3.45. The summed E-state index contributed by atoms with van der Waals surface area (Å²) >= 11 is 11.7. The summed E-state index contributed by atoms with van der Waals surface area (Å²) in [4.78, 5) is 4.05. The standard InChI is InChI=1S/C14H13Cl2N/c1-2-3-10-4-6-11(7-5-10)12-8-13(15)14(16)17-9-12/h4-9H,2-3H2,1H3. The van der Waals surface area contributed by atoms with E-state index in [-0.39, 0.29) is 0 Å². The summed E-state index contributed by atoms with van der Waals surface area (Å²) in [6.45, 7) is 2.18. The fourth-order valence-electron chi connectivity index (χ4n) is 1.73. The van der Waals surface area contributed by atoms with E-state index >= 15 is 0 Å². The van der Waals surface area contributed by atoms with Crippen molar-refractivity contribution in [1.29, 1.82) is 0 Å². The Morgan fingerprint density at radius 3 is 2.35 bits per heavy atom. The average Bonchev–Trinajstić information content (AvgIpc) is 2.34. The minimum atomic E-state index is 0.345. The highest BCUT2D eigenvalue weighted by molar-refractivity contribution is 6.41. The summed E-state index contributed by atoms with van der Waals surface area (Å²) < 4.78 is 0. The Bertz CT molecular complexity index is 506. The van der Waals surface area contributed by atoms with Gasteiger partial charge in [-0.15, -0.1) is 0 Å². The highest BCUT2D eigenvalue weighted by Gasteiger charge is 2.03. The molecule has 0 fully saturated rings. The molecule has 0 amide bonds. The van der Waals surface area contributed by atoms with Crippen molar-refractivity contribution in [3.8, 4) is 11.1 Å². The molecule has 0 radical (unpaired) electrons. The second kappa shape index (κ2) is 5.52. The normalized spacial score (nSPS) is 10.5. The Labute approximate surface area is 111 Å². The lowest BCUT2D eigenvalue weighted by Gasteiger charge is -2.04. The summed E-state index contributed by atoms with van der Waals surface area (Å²) in [6, 6.07) is 10.3. The second-order valence-corrected chi connectivity index (χ2v) is 4.71. The van der Waals surface area contributed by atoms with E-state index in [9.17, 15) is 0 Å². The van der Waals surface area contributed by atoms with Gasteiger partial charge in [0.1, 0.15) is 5.15 Å². The number of halogens is 2. The number of hydrogen-bond acceptors (Lipinski definition) is 1. The molecule has 1 heterocycles. The first-order valence-corrected chi connectivity index (χ1v) is 6.36. The SMILES string of the molecule is CCCc1ccc(-c2cnc(Cl)c(Cl)c2)cc1. The van der Waals surface area contributed by atoms with Gasteiger partial charge in [-0.25, -0.2) is 4.98 Å². The molecule has 0 aliphatic rings. The molecule has 0 unspecified atom stereocenters. The Morgan fingerprint density at radius 2 is 1.76 bits per heavy atom. The third-order valence-corrected chi connectivity index (χ3v) is 3.31. The third kappa shape index (κ3) is 2.99. The van der Waals surface area contributed by atoms with Gasteiger partial charge in [-0.05, 0) is 23.6 Å². The number of rotatable bonds is 3. The van der Waals surface area contributed by atoms with Crippen LogP contribution in [0.3, 0.4) is 0 Å². The Balaban J connectivity index is 2.30. The topological polar surface area (TPSA) is 12.9 Å². The van der Waals surface area contributed by atoms with Crippen LogP contribution in [0.5, 0.6) is 0 Å². The van der Waals surface area contributed by atoms with Crippen LogP contribution < -0.4 is 0 Å². The molecular weight excluding hydrogens is 253 g/mol. The van der Waals surface area contributed by atoms with Crippen molar-refractivity contribution >= 4 is 23.2 Å². The van der Waals surface area contributed by atoms with Crippen molar-refractivity contribution in [3.05, 3.63) is 52.3 Å². The van der Waals surface area contributed by atoms with E-state index in [2.05, 4.69) is 36.2 Å². The number of benzene rings is 1. The second-order valence-electron chi connectivity index (χ2n) is 3.94. The quantitative estimate of drug-likeness (QED) is 0.712. The summed E-state index contributed by atoms with van der Waals surface area (Å²) in [5.74, 6) is 0. The zero-order valence-electron chi connectivity index (χ0n) is 9.58. The molecule has 1 aromatic heterocycles. The molecule has 0 bridgehead atoms. The maximum absolute atomic E-state index is 5.95. The molecule has 3 heteroatoms. The molecule has 0 aliphatic carbocycles. The fourth-order valence-corrected chi connectivity index (χ4v) is 2.00. The smallest absolute Gasteiger partial charge is 0.147 e. The molecule has 0 aliphatic heterocycles. The van der Waals surface area contributed by atoms with Crippen molar-refractivity contribution in [1.82, 2.24) is 4.98 Å². The summed E-state index contributed by atoms with van der Waals surface area (Å²) in [6.07, 6.45) is 4.01. The van der Waals surface area contributed by atoms with Gasteiger partial charge in [0.05, 0.1) is 5.02 Å². The van der Waals surface area contributed by atoms with Gasteiger partial charge < -0.3 is 0 Å². The molecule has 2 aromatic rings. The lowest BCUT2D eigenvalue weighted by atomic mass is 10.0. The van der Waals surface area contributed by atoms with E-state index in [1.165, 1.54) is 5.56 Å². The van der Waals surface area contributed by atoms with Gasteiger partial charge in [0.25, 0.3) is 0 Å². The van der Waals surface area contributed by atoms with Gasteiger partial charge >= 0.3 is 0 Å². The molecule has 1 nitrogen and oxygen atoms in total. The number of hydrogen-bond donors (Lipinski definition) is 0. The van der Waals surface area contributed by atoms with Crippen LogP contribution in [0.4, 0.5) is 0 Å². The minimum Gasteiger partial charge on any atom is -0.242 e. The van der Waals surface area contributed by atoms with Crippen LogP contribution in [0.25, 0.3) is 11.1 Å². The van der Waals surface area contributed by atoms with Crippen LogP contribution >= 0.6 is 23.2 Å². The monoisotopic (exact) mass is 265 g/mol. The third-order valence-electron chi connectivity index (χ3n) is 2.62. The molecule has 0 saturated carbocycles. The van der Waals surface area contributed by atoms with Crippen molar-refractivity contribution in [2.75, 3.05) is 0 Å². The lowest BCUT2D eigenvalue weighted by Crippen LogP contribution is -1.85.